The van der Waals surface area contributed by atoms with Crippen LogP contribution in [0.25, 0.3) is 14.8 Å². The Morgan fingerprint density at radius 1 is 1.47 bits per heavy atom. The second-order valence-corrected chi connectivity index (χ2v) is 6.28. The van der Waals surface area contributed by atoms with Gasteiger partial charge in [-0.1, -0.05) is 0 Å². The summed E-state index contributed by atoms with van der Waals surface area (Å²) in [6.45, 7) is 0. The molecule has 0 N–H and O–H groups in total. The Kier molecular flexibility index (Phi) is 2.63. The van der Waals surface area contributed by atoms with Gasteiger partial charge in [0.25, 0.3) is 0 Å². The predicted octanol–water partition coefficient (Wildman–Crippen LogP) is 1.51. The van der Waals surface area contributed by atoms with Gasteiger partial charge < -0.3 is 0 Å². The zero-order chi connectivity index (χ0) is 11.8. The van der Waals surface area contributed by atoms with Crippen LogP contribution in [0.1, 0.15) is 0 Å². The standard InChI is InChI=1S/C11H8N2O2SSe/c1-15-7-3-2-4-8-9(7)10(14)13(17-8)11-12-5-6-16-11/h2-6H,1H3. The van der Waals surface area contributed by atoms with Crippen molar-refractivity contribution in [2.45, 2.75) is 0 Å². The molecule has 86 valence electrons. The molecular formula is C11H8N2O2SSe. The van der Waals surface area contributed by atoms with Crippen molar-refractivity contribution in [3.8, 4) is 10.9 Å². The molecule has 2 heterocycles. The molecule has 4 nitrogen and oxygen atoms in total. The van der Waals surface area contributed by atoms with Gasteiger partial charge in [0.15, 0.2) is 0 Å². The third kappa shape index (κ3) is 1.65. The molecule has 0 amide bonds. The van der Waals surface area contributed by atoms with Gasteiger partial charge in [-0.05, 0) is 0 Å². The van der Waals surface area contributed by atoms with E-state index < -0.39 is 0 Å². The molecule has 0 saturated carbocycles. The molecule has 1 aromatic carbocycles. The molecule has 0 spiro atoms. The fourth-order valence-corrected chi connectivity index (χ4v) is 4.58. The van der Waals surface area contributed by atoms with Crippen LogP contribution in [-0.2, 0) is 0 Å². The number of benzene rings is 1. The second-order valence-electron chi connectivity index (χ2n) is 3.34. The average Bonchev–Trinajstić information content (AvgIpc) is 2.97. The number of hydrogen-bond donors (Lipinski definition) is 0. The summed E-state index contributed by atoms with van der Waals surface area (Å²) in [7, 11) is 1.59. The number of nitrogens with zero attached hydrogens (tertiary/aromatic N) is 2. The van der Waals surface area contributed by atoms with Gasteiger partial charge >= 0.3 is 107 Å². The van der Waals surface area contributed by atoms with Crippen molar-refractivity contribution in [2.24, 2.45) is 0 Å². The molecule has 3 rings (SSSR count). The van der Waals surface area contributed by atoms with Crippen molar-refractivity contribution in [1.82, 2.24) is 8.55 Å². The second kappa shape index (κ2) is 4.14. The summed E-state index contributed by atoms with van der Waals surface area (Å²) in [5, 5.41) is 3.32. The van der Waals surface area contributed by atoms with Gasteiger partial charge in [0, 0.05) is 0 Å². The molecule has 6 heteroatoms. The topological polar surface area (TPSA) is 44.1 Å². The van der Waals surface area contributed by atoms with Crippen molar-refractivity contribution in [3.05, 3.63) is 40.1 Å². The molecule has 0 aliphatic rings. The summed E-state index contributed by atoms with van der Waals surface area (Å²) >= 11 is 1.43. The first-order chi connectivity index (χ1) is 8.31. The number of rotatable bonds is 2. The first-order valence-corrected chi connectivity index (χ1v) is 7.40. The summed E-state index contributed by atoms with van der Waals surface area (Å²) < 4.78 is 8.03. The monoisotopic (exact) mass is 312 g/mol. The number of ether oxygens (including phenoxy) is 1. The Hall–Kier alpha value is -1.36. The molecule has 0 radical (unpaired) electrons. The van der Waals surface area contributed by atoms with Crippen molar-refractivity contribution in [3.63, 3.8) is 0 Å². The van der Waals surface area contributed by atoms with E-state index >= 15 is 0 Å². The number of thiazole rings is 1. The fraction of sp³-hybridized carbons (Fsp3) is 0.0909. The molecule has 0 aliphatic heterocycles. The predicted molar refractivity (Wildman–Crippen MR) is 68.7 cm³/mol. The van der Waals surface area contributed by atoms with Crippen LogP contribution in [0, 0.1) is 0 Å². The van der Waals surface area contributed by atoms with E-state index in [2.05, 4.69) is 4.98 Å². The average molecular weight is 311 g/mol. The van der Waals surface area contributed by atoms with Gasteiger partial charge in [0.1, 0.15) is 0 Å². The summed E-state index contributed by atoms with van der Waals surface area (Å²) in [4.78, 5) is 16.5. The summed E-state index contributed by atoms with van der Waals surface area (Å²) in [5.41, 5.74) is -0.00704. The molecule has 2 aromatic heterocycles. The van der Waals surface area contributed by atoms with E-state index in [4.69, 9.17) is 4.74 Å². The zero-order valence-electron chi connectivity index (χ0n) is 8.91. The maximum atomic E-state index is 12.3. The van der Waals surface area contributed by atoms with E-state index in [1.807, 2.05) is 23.6 Å². The molecule has 0 bridgehead atoms. The van der Waals surface area contributed by atoms with Gasteiger partial charge in [0.2, 0.25) is 0 Å². The van der Waals surface area contributed by atoms with E-state index in [1.165, 1.54) is 11.3 Å². The first-order valence-electron chi connectivity index (χ1n) is 4.90. The molecule has 0 atom stereocenters. The Balaban J connectivity index is 2.37. The van der Waals surface area contributed by atoms with Crippen LogP contribution in [0.3, 0.4) is 0 Å². The van der Waals surface area contributed by atoms with Crippen LogP contribution < -0.4 is 10.3 Å². The van der Waals surface area contributed by atoms with E-state index in [0.29, 0.717) is 11.1 Å². The molecule has 3 aromatic rings. The Morgan fingerprint density at radius 3 is 3.06 bits per heavy atom. The van der Waals surface area contributed by atoms with E-state index in [9.17, 15) is 4.79 Å². The normalized spacial score (nSPS) is 10.9. The summed E-state index contributed by atoms with van der Waals surface area (Å²) in [5.74, 6) is 0.647. The Morgan fingerprint density at radius 2 is 2.35 bits per heavy atom. The minimum atomic E-state index is -0.0428. The van der Waals surface area contributed by atoms with Crippen molar-refractivity contribution < 1.29 is 4.74 Å². The number of fused-ring (bicyclic) bond motifs is 1. The molecular weight excluding hydrogens is 303 g/mol. The molecule has 0 aliphatic carbocycles. The first kappa shape index (κ1) is 10.8. The molecule has 0 fully saturated rings. The van der Waals surface area contributed by atoms with Crippen molar-refractivity contribution >= 4 is 35.7 Å². The van der Waals surface area contributed by atoms with Crippen LogP contribution in [0.15, 0.2) is 34.6 Å². The summed E-state index contributed by atoms with van der Waals surface area (Å²) in [6.07, 6.45) is 1.71. The molecule has 0 saturated heterocycles. The number of methoxy groups -OCH3 is 1. The Bertz CT molecular complexity index is 715. The third-order valence-electron chi connectivity index (χ3n) is 2.39. The van der Waals surface area contributed by atoms with Crippen LogP contribution in [0.5, 0.6) is 5.75 Å². The van der Waals surface area contributed by atoms with Gasteiger partial charge in [0.05, 0.1) is 0 Å². The Labute approximate surface area is 107 Å². The third-order valence-corrected chi connectivity index (χ3v) is 5.63. The fourth-order valence-electron chi connectivity index (χ4n) is 1.65. The quantitative estimate of drug-likeness (QED) is 0.674. The van der Waals surface area contributed by atoms with Crippen LogP contribution in [0.4, 0.5) is 0 Å². The van der Waals surface area contributed by atoms with E-state index in [0.717, 1.165) is 9.39 Å². The minimum absolute atomic E-state index is 0.00704. The van der Waals surface area contributed by atoms with Crippen molar-refractivity contribution in [1.29, 1.82) is 0 Å². The van der Waals surface area contributed by atoms with Crippen molar-refractivity contribution in [2.75, 3.05) is 7.11 Å². The number of hydrogen-bond acceptors (Lipinski definition) is 4. The summed E-state index contributed by atoms with van der Waals surface area (Å²) in [6, 6.07) is 5.71. The van der Waals surface area contributed by atoms with E-state index in [-0.39, 0.29) is 20.3 Å². The van der Waals surface area contributed by atoms with Gasteiger partial charge in [-0.15, -0.1) is 0 Å². The number of aromatic nitrogens is 2. The van der Waals surface area contributed by atoms with Crippen LogP contribution in [-0.4, -0.2) is 30.4 Å². The molecule has 0 unspecified atom stereocenters. The van der Waals surface area contributed by atoms with Crippen LogP contribution in [0.2, 0.25) is 0 Å². The zero-order valence-corrected chi connectivity index (χ0v) is 11.4. The molecule has 17 heavy (non-hydrogen) atoms. The van der Waals surface area contributed by atoms with Gasteiger partial charge in [-0.2, -0.15) is 0 Å². The SMILES string of the molecule is COc1cccc2[se]n(-c3nccs3)c(=O)c12. The van der Waals surface area contributed by atoms with Crippen LogP contribution >= 0.6 is 11.3 Å². The van der Waals surface area contributed by atoms with Gasteiger partial charge in [-0.25, -0.2) is 0 Å². The van der Waals surface area contributed by atoms with E-state index in [1.54, 1.807) is 16.9 Å². The van der Waals surface area contributed by atoms with Gasteiger partial charge in [-0.3, -0.25) is 0 Å². The maximum absolute atomic E-state index is 12.3.